The van der Waals surface area contributed by atoms with Gasteiger partial charge in [-0.25, -0.2) is 4.79 Å². The maximum atomic E-state index is 13.0. The molecule has 0 unspecified atom stereocenters. The summed E-state index contributed by atoms with van der Waals surface area (Å²) in [4.78, 5) is 25.5. The zero-order valence-corrected chi connectivity index (χ0v) is 14.8. The number of rotatable bonds is 4. The number of nitrogens with zero attached hydrogens (tertiary/aromatic N) is 1. The molecule has 1 aliphatic heterocycles. The minimum atomic E-state index is -1.02. The third kappa shape index (κ3) is 3.79. The Kier molecular flexibility index (Phi) is 4.99. The van der Waals surface area contributed by atoms with Gasteiger partial charge in [0.05, 0.1) is 18.8 Å². The fourth-order valence-corrected chi connectivity index (χ4v) is 3.96. The van der Waals surface area contributed by atoms with Crippen LogP contribution in [0.5, 0.6) is 5.75 Å². The van der Waals surface area contributed by atoms with Gasteiger partial charge >= 0.3 is 5.97 Å². The number of aliphatic carboxylic acids is 1. The first-order valence-corrected chi connectivity index (χ1v) is 8.79. The zero-order valence-electron chi connectivity index (χ0n) is 14.8. The highest BCUT2D eigenvalue weighted by Crippen LogP contribution is 2.36. The largest absolute Gasteiger partial charge is 0.481 e. The second kappa shape index (κ2) is 7.04. The first-order chi connectivity index (χ1) is 11.9. The first kappa shape index (κ1) is 17.7. The van der Waals surface area contributed by atoms with Crippen molar-refractivity contribution in [3.8, 4) is 5.75 Å². The van der Waals surface area contributed by atoms with E-state index in [4.69, 9.17) is 14.6 Å². The van der Waals surface area contributed by atoms with Crippen LogP contribution in [0.15, 0.2) is 12.1 Å². The monoisotopic (exact) mass is 347 g/mol. The van der Waals surface area contributed by atoms with Gasteiger partial charge in [-0.15, -0.1) is 0 Å². The van der Waals surface area contributed by atoms with E-state index in [-0.39, 0.29) is 18.1 Å². The van der Waals surface area contributed by atoms with Gasteiger partial charge < -0.3 is 19.5 Å². The van der Waals surface area contributed by atoms with E-state index >= 15 is 0 Å². The molecule has 1 saturated heterocycles. The van der Waals surface area contributed by atoms with Gasteiger partial charge in [-0.2, -0.15) is 0 Å². The molecule has 1 aromatic carbocycles. The smallest absolute Gasteiger partial charge is 0.341 e. The number of carbonyl (C=O) groups is 2. The van der Waals surface area contributed by atoms with E-state index in [0.29, 0.717) is 31.0 Å². The lowest BCUT2D eigenvalue weighted by molar-refractivity contribution is -0.139. The molecular weight excluding hydrogens is 322 g/mol. The minimum absolute atomic E-state index is 0.00515. The number of carboxylic acid groups (broad SMARTS) is 1. The molecular formula is C19H25NO5. The number of aryl methyl sites for hydroxylation is 2. The van der Waals surface area contributed by atoms with Crippen molar-refractivity contribution < 1.29 is 24.2 Å². The third-order valence-corrected chi connectivity index (χ3v) is 5.10. The van der Waals surface area contributed by atoms with E-state index in [1.165, 1.54) is 0 Å². The van der Waals surface area contributed by atoms with Gasteiger partial charge in [0.1, 0.15) is 5.75 Å². The molecule has 136 valence electrons. The van der Waals surface area contributed by atoms with E-state index in [0.717, 1.165) is 36.8 Å². The molecule has 3 rings (SSSR count). The van der Waals surface area contributed by atoms with Gasteiger partial charge in [0, 0.05) is 12.1 Å². The Bertz CT molecular complexity index is 655. The van der Waals surface area contributed by atoms with E-state index in [1.807, 2.05) is 18.7 Å². The lowest BCUT2D eigenvalue weighted by Crippen LogP contribution is -2.52. The fourth-order valence-electron chi connectivity index (χ4n) is 3.96. The van der Waals surface area contributed by atoms with Crippen LogP contribution in [-0.2, 0) is 9.53 Å². The number of morpholine rings is 1. The van der Waals surface area contributed by atoms with Crippen LogP contribution in [-0.4, -0.2) is 53.8 Å². The van der Waals surface area contributed by atoms with E-state index in [1.54, 1.807) is 12.1 Å². The maximum absolute atomic E-state index is 13.0. The number of hydrogen-bond donors (Lipinski definition) is 1. The molecule has 0 atom stereocenters. The molecule has 1 spiro atoms. The van der Waals surface area contributed by atoms with Crippen molar-refractivity contribution in [3.63, 3.8) is 0 Å². The highest BCUT2D eigenvalue weighted by molar-refractivity contribution is 5.95. The summed E-state index contributed by atoms with van der Waals surface area (Å²) in [6, 6.07) is 3.56. The van der Waals surface area contributed by atoms with Crippen molar-refractivity contribution in [2.24, 2.45) is 0 Å². The van der Waals surface area contributed by atoms with Crippen molar-refractivity contribution >= 4 is 11.9 Å². The van der Waals surface area contributed by atoms with Gasteiger partial charge in [0.15, 0.2) is 6.61 Å². The average Bonchev–Trinajstić information content (AvgIpc) is 3.00. The molecule has 6 nitrogen and oxygen atoms in total. The van der Waals surface area contributed by atoms with Crippen molar-refractivity contribution in [1.29, 1.82) is 0 Å². The van der Waals surface area contributed by atoms with Crippen molar-refractivity contribution in [2.75, 3.05) is 26.3 Å². The molecule has 1 aromatic rings. The Hall–Kier alpha value is -2.08. The summed E-state index contributed by atoms with van der Waals surface area (Å²) in [5.74, 6) is -0.479. The zero-order chi connectivity index (χ0) is 18.0. The molecule has 1 heterocycles. The van der Waals surface area contributed by atoms with Gasteiger partial charge in [-0.05, 0) is 49.9 Å². The van der Waals surface area contributed by atoms with Crippen LogP contribution in [0.1, 0.15) is 47.2 Å². The van der Waals surface area contributed by atoms with E-state index in [2.05, 4.69) is 0 Å². The molecule has 2 fully saturated rings. The predicted molar refractivity (Wildman–Crippen MR) is 92.1 cm³/mol. The highest BCUT2D eigenvalue weighted by atomic mass is 16.5. The second-order valence-corrected chi connectivity index (χ2v) is 7.09. The van der Waals surface area contributed by atoms with Crippen molar-refractivity contribution in [2.45, 2.75) is 45.1 Å². The lowest BCUT2D eigenvalue weighted by Gasteiger charge is -2.40. The summed E-state index contributed by atoms with van der Waals surface area (Å²) in [6.45, 7) is 5.12. The van der Waals surface area contributed by atoms with Crippen molar-refractivity contribution in [1.82, 2.24) is 4.90 Å². The molecule has 1 saturated carbocycles. The van der Waals surface area contributed by atoms with Gasteiger partial charge in [-0.1, -0.05) is 12.8 Å². The summed E-state index contributed by atoms with van der Waals surface area (Å²) >= 11 is 0. The number of carbonyl (C=O) groups excluding carboxylic acids is 1. The summed E-state index contributed by atoms with van der Waals surface area (Å²) < 4.78 is 11.3. The standard InChI is InChI=1S/C19H25NO5/c1-13-9-15(10-14(2)17(13)24-11-16(21)22)18(23)20-7-8-25-19(12-20)5-3-4-6-19/h9-10H,3-8,11-12H2,1-2H3,(H,21,22). The topological polar surface area (TPSA) is 76.1 Å². The van der Waals surface area contributed by atoms with Crippen LogP contribution in [0.3, 0.4) is 0 Å². The Morgan fingerprint density at radius 2 is 1.88 bits per heavy atom. The molecule has 1 aliphatic carbocycles. The van der Waals surface area contributed by atoms with E-state index < -0.39 is 5.97 Å². The van der Waals surface area contributed by atoms with Crippen LogP contribution < -0.4 is 4.74 Å². The maximum Gasteiger partial charge on any atom is 0.341 e. The number of ether oxygens (including phenoxy) is 2. The molecule has 0 radical (unpaired) electrons. The summed E-state index contributed by atoms with van der Waals surface area (Å²) in [6.07, 6.45) is 4.37. The molecule has 0 aromatic heterocycles. The first-order valence-electron chi connectivity index (χ1n) is 8.79. The van der Waals surface area contributed by atoms with Gasteiger partial charge in [-0.3, -0.25) is 4.79 Å². The van der Waals surface area contributed by atoms with E-state index in [9.17, 15) is 9.59 Å². The minimum Gasteiger partial charge on any atom is -0.481 e. The molecule has 1 N–H and O–H groups in total. The Morgan fingerprint density at radius 1 is 1.24 bits per heavy atom. The number of amides is 1. The molecule has 25 heavy (non-hydrogen) atoms. The van der Waals surface area contributed by atoms with Crippen LogP contribution in [0, 0.1) is 13.8 Å². The summed E-state index contributed by atoms with van der Waals surface area (Å²) in [5.41, 5.74) is 2.01. The number of hydrogen-bond acceptors (Lipinski definition) is 4. The summed E-state index contributed by atoms with van der Waals surface area (Å²) in [7, 11) is 0. The third-order valence-electron chi connectivity index (χ3n) is 5.10. The normalized spacial score (nSPS) is 19.2. The molecule has 1 amide bonds. The molecule has 6 heteroatoms. The second-order valence-electron chi connectivity index (χ2n) is 7.09. The molecule has 0 bridgehead atoms. The molecule has 2 aliphatic rings. The number of benzene rings is 1. The number of carboxylic acids is 1. The highest BCUT2D eigenvalue weighted by Gasteiger charge is 2.40. The predicted octanol–water partition coefficient (Wildman–Crippen LogP) is 2.55. The van der Waals surface area contributed by atoms with Crippen molar-refractivity contribution in [3.05, 3.63) is 28.8 Å². The average molecular weight is 347 g/mol. The Morgan fingerprint density at radius 3 is 2.48 bits per heavy atom. The van der Waals surface area contributed by atoms with Gasteiger partial charge in [0.25, 0.3) is 5.91 Å². The Balaban J connectivity index is 1.76. The van der Waals surface area contributed by atoms with Gasteiger partial charge in [0.2, 0.25) is 0 Å². The quantitative estimate of drug-likeness (QED) is 0.906. The van der Waals surface area contributed by atoms with Crippen LogP contribution >= 0.6 is 0 Å². The van der Waals surface area contributed by atoms with Crippen LogP contribution in [0.2, 0.25) is 0 Å². The summed E-state index contributed by atoms with van der Waals surface area (Å²) in [5, 5.41) is 8.77. The van der Waals surface area contributed by atoms with Crippen LogP contribution in [0.25, 0.3) is 0 Å². The Labute approximate surface area is 147 Å². The SMILES string of the molecule is Cc1cc(C(=O)N2CCOC3(CCCC3)C2)cc(C)c1OCC(=O)O. The lowest BCUT2D eigenvalue weighted by atomic mass is 9.98. The fraction of sp³-hybridized carbons (Fsp3) is 0.579. The van der Waals surface area contributed by atoms with Crippen LogP contribution in [0.4, 0.5) is 0 Å².